The van der Waals surface area contributed by atoms with Crippen LogP contribution in [-0.2, 0) is 13.7 Å². The van der Waals surface area contributed by atoms with Gasteiger partial charge in [0, 0.05) is 12.5 Å². The maximum absolute atomic E-state index is 12.0. The number of halogens is 1. The SMILES string of the molecule is O=P(O)(O)CP(=O)(O)OC[C@H]1C[C@@H](n2nnc3c(N4CCCC4c4ccccc4)nc(Cl)nc32)[C@H](O)[C@@H]1O. The fourth-order valence-electron chi connectivity index (χ4n) is 5.25. The number of benzene rings is 1. The van der Waals surface area contributed by atoms with Crippen LogP contribution in [0.15, 0.2) is 30.3 Å². The molecule has 2 fully saturated rings. The molecule has 1 aliphatic carbocycles. The van der Waals surface area contributed by atoms with Crippen molar-refractivity contribution in [3.05, 3.63) is 41.2 Å². The van der Waals surface area contributed by atoms with E-state index < -0.39 is 51.9 Å². The Morgan fingerprint density at radius 3 is 2.53 bits per heavy atom. The Bertz CT molecular complexity index is 1410. The van der Waals surface area contributed by atoms with Crippen molar-refractivity contribution in [1.82, 2.24) is 25.0 Å². The highest BCUT2D eigenvalue weighted by Gasteiger charge is 2.45. The van der Waals surface area contributed by atoms with Gasteiger partial charge >= 0.3 is 15.2 Å². The first-order valence-corrected chi connectivity index (χ1v) is 15.8. The van der Waals surface area contributed by atoms with Gasteiger partial charge in [-0.3, -0.25) is 9.13 Å². The highest BCUT2D eigenvalue weighted by molar-refractivity contribution is 7.70. The molecule has 5 rings (SSSR count). The average molecular weight is 589 g/mol. The fourth-order valence-corrected chi connectivity index (χ4v) is 8.02. The molecule has 3 aromatic rings. The van der Waals surface area contributed by atoms with Gasteiger partial charge in [-0.05, 0) is 36.4 Å². The first-order valence-electron chi connectivity index (χ1n) is 11.9. The summed E-state index contributed by atoms with van der Waals surface area (Å²) in [7, 11) is -9.42. The maximum Gasteiger partial charge on any atom is 0.340 e. The first-order chi connectivity index (χ1) is 17.9. The Morgan fingerprint density at radius 1 is 1.08 bits per heavy atom. The minimum atomic E-state index is -4.80. The zero-order valence-corrected chi connectivity index (χ0v) is 22.5. The quantitative estimate of drug-likeness (QED) is 0.188. The lowest BCUT2D eigenvalue weighted by Crippen LogP contribution is -2.31. The predicted octanol–water partition coefficient (Wildman–Crippen LogP) is 1.84. The summed E-state index contributed by atoms with van der Waals surface area (Å²) in [5, 5.41) is 29.8. The topological polar surface area (TPSA) is 204 Å². The number of aliphatic hydroxyl groups is 2. The van der Waals surface area contributed by atoms with Crippen LogP contribution in [0.25, 0.3) is 11.2 Å². The van der Waals surface area contributed by atoms with Crippen LogP contribution in [0.3, 0.4) is 0 Å². The van der Waals surface area contributed by atoms with Gasteiger partial charge in [-0.25, -0.2) is 4.68 Å². The van der Waals surface area contributed by atoms with Gasteiger partial charge in [-0.1, -0.05) is 35.5 Å². The molecule has 38 heavy (non-hydrogen) atoms. The summed E-state index contributed by atoms with van der Waals surface area (Å²) in [5.74, 6) is -1.67. The second-order valence-corrected chi connectivity index (χ2v) is 13.9. The third-order valence-electron chi connectivity index (χ3n) is 6.93. The van der Waals surface area contributed by atoms with Crippen LogP contribution in [0, 0.1) is 5.92 Å². The molecule has 2 unspecified atom stereocenters. The third-order valence-corrected chi connectivity index (χ3v) is 10.6. The van der Waals surface area contributed by atoms with Crippen LogP contribution in [-0.4, -0.2) is 81.1 Å². The molecule has 1 aliphatic heterocycles. The van der Waals surface area contributed by atoms with E-state index in [-0.39, 0.29) is 23.4 Å². The molecule has 0 amide bonds. The lowest BCUT2D eigenvalue weighted by Gasteiger charge is -2.26. The van der Waals surface area contributed by atoms with Crippen molar-refractivity contribution in [1.29, 1.82) is 0 Å². The third kappa shape index (κ3) is 5.65. The Labute approximate surface area is 221 Å². The van der Waals surface area contributed by atoms with Crippen LogP contribution in [0.4, 0.5) is 5.82 Å². The van der Waals surface area contributed by atoms with Crippen molar-refractivity contribution in [2.24, 2.45) is 5.92 Å². The summed E-state index contributed by atoms with van der Waals surface area (Å²) in [6.07, 6.45) is -0.818. The van der Waals surface area contributed by atoms with Crippen LogP contribution in [0.2, 0.25) is 5.28 Å². The van der Waals surface area contributed by atoms with Crippen molar-refractivity contribution in [3.63, 3.8) is 0 Å². The number of anilines is 1. The van der Waals surface area contributed by atoms with Crippen molar-refractivity contribution in [2.75, 3.05) is 24.0 Å². The maximum atomic E-state index is 12.0. The molecular formula is C21H27ClN6O8P2. The van der Waals surface area contributed by atoms with Gasteiger partial charge in [0.1, 0.15) is 6.10 Å². The zero-order chi connectivity index (χ0) is 27.2. The summed E-state index contributed by atoms with van der Waals surface area (Å²) >= 11 is 6.31. The van der Waals surface area contributed by atoms with E-state index in [1.165, 1.54) is 4.68 Å². The van der Waals surface area contributed by atoms with E-state index in [1.54, 1.807) is 0 Å². The molecule has 5 N–H and O–H groups in total. The normalized spacial score (nSPS) is 27.7. The number of fused-ring (bicyclic) bond motifs is 1. The second-order valence-electron chi connectivity index (χ2n) is 9.57. The minimum absolute atomic E-state index is 0.0404. The van der Waals surface area contributed by atoms with Gasteiger partial charge in [0.05, 0.1) is 24.8 Å². The van der Waals surface area contributed by atoms with E-state index in [9.17, 15) is 24.2 Å². The Kier molecular flexibility index (Phi) is 7.64. The molecule has 0 spiro atoms. The number of hydrogen-bond acceptors (Lipinski definition) is 10. The molecule has 17 heteroatoms. The summed E-state index contributed by atoms with van der Waals surface area (Å²) < 4.78 is 29.3. The molecular weight excluding hydrogens is 562 g/mol. The molecule has 2 aromatic heterocycles. The molecule has 1 aromatic carbocycles. The largest absolute Gasteiger partial charge is 0.390 e. The van der Waals surface area contributed by atoms with Crippen LogP contribution in [0.5, 0.6) is 0 Å². The monoisotopic (exact) mass is 588 g/mol. The van der Waals surface area contributed by atoms with Gasteiger partial charge in [0.2, 0.25) is 5.28 Å². The summed E-state index contributed by atoms with van der Waals surface area (Å²) in [4.78, 5) is 38.5. The molecule has 14 nitrogen and oxygen atoms in total. The standard InChI is InChI=1S/C21H27ClN6O8P2/c22-21-23-19(27-8-4-7-14(27)12-5-2-1-3-6-12)16-20(24-21)28(26-25-16)15-9-13(17(29)18(15)30)10-36-38(34,35)11-37(31,32)33/h1-3,5-6,13-15,17-18,29-30H,4,7-11H2,(H,34,35)(H2,31,32,33)/t13-,14?,15-,17-,18+/m1/s1. The van der Waals surface area contributed by atoms with E-state index in [0.29, 0.717) is 11.3 Å². The van der Waals surface area contributed by atoms with E-state index in [0.717, 1.165) is 24.9 Å². The van der Waals surface area contributed by atoms with E-state index >= 15 is 0 Å². The average Bonchev–Trinajstić information content (AvgIpc) is 3.55. The molecule has 2 aliphatic rings. The number of nitrogens with zero attached hydrogens (tertiary/aromatic N) is 6. The predicted molar refractivity (Wildman–Crippen MR) is 136 cm³/mol. The number of rotatable bonds is 8. The lowest BCUT2D eigenvalue weighted by molar-refractivity contribution is -0.00362. The highest BCUT2D eigenvalue weighted by Crippen LogP contribution is 2.56. The number of aliphatic hydroxyl groups excluding tert-OH is 2. The van der Waals surface area contributed by atoms with Gasteiger partial charge in [-0.2, -0.15) is 9.97 Å². The van der Waals surface area contributed by atoms with Crippen molar-refractivity contribution in [2.45, 2.75) is 43.6 Å². The fraction of sp³-hybridized carbons (Fsp3) is 0.524. The lowest BCUT2D eigenvalue weighted by atomic mass is 10.0. The first kappa shape index (κ1) is 27.6. The van der Waals surface area contributed by atoms with E-state index in [4.69, 9.17) is 25.9 Å². The summed E-state index contributed by atoms with van der Waals surface area (Å²) in [5.41, 5.74) is 1.75. The molecule has 1 saturated heterocycles. The molecule has 6 atom stereocenters. The Morgan fingerprint density at radius 2 is 1.82 bits per heavy atom. The minimum Gasteiger partial charge on any atom is -0.390 e. The van der Waals surface area contributed by atoms with Gasteiger partial charge < -0.3 is 34.3 Å². The zero-order valence-electron chi connectivity index (χ0n) is 19.9. The summed E-state index contributed by atoms with van der Waals surface area (Å²) in [6.45, 7) is 0.206. The van der Waals surface area contributed by atoms with Crippen LogP contribution >= 0.6 is 26.8 Å². The van der Waals surface area contributed by atoms with Gasteiger partial charge in [-0.15, -0.1) is 5.10 Å². The Balaban J connectivity index is 1.41. The van der Waals surface area contributed by atoms with E-state index in [2.05, 4.69) is 25.2 Å². The van der Waals surface area contributed by atoms with E-state index in [1.807, 2.05) is 30.3 Å². The van der Waals surface area contributed by atoms with Gasteiger partial charge in [0.25, 0.3) is 0 Å². The van der Waals surface area contributed by atoms with Crippen LogP contribution < -0.4 is 4.90 Å². The summed E-state index contributed by atoms with van der Waals surface area (Å²) in [6, 6.07) is 9.21. The Hall–Kier alpha value is -1.99. The van der Waals surface area contributed by atoms with Crippen molar-refractivity contribution >= 4 is 43.8 Å². The van der Waals surface area contributed by atoms with Crippen molar-refractivity contribution in [3.8, 4) is 0 Å². The number of aromatic nitrogens is 5. The molecule has 206 valence electrons. The molecule has 1 saturated carbocycles. The van der Waals surface area contributed by atoms with Crippen LogP contribution in [0.1, 0.15) is 36.9 Å². The van der Waals surface area contributed by atoms with Crippen molar-refractivity contribution < 1.29 is 38.5 Å². The highest BCUT2D eigenvalue weighted by atomic mass is 35.5. The smallest absolute Gasteiger partial charge is 0.340 e. The molecule has 3 heterocycles. The molecule has 0 bridgehead atoms. The molecule has 0 radical (unpaired) electrons. The number of hydrogen-bond donors (Lipinski definition) is 5. The second kappa shape index (κ2) is 10.5. The van der Waals surface area contributed by atoms with Gasteiger partial charge in [0.15, 0.2) is 22.9 Å².